The van der Waals surface area contributed by atoms with Crippen molar-refractivity contribution in [3.63, 3.8) is 0 Å². The fourth-order valence-corrected chi connectivity index (χ4v) is 4.81. The number of ether oxygens (including phenoxy) is 2. The van der Waals surface area contributed by atoms with Gasteiger partial charge in [-0.25, -0.2) is 0 Å². The van der Waals surface area contributed by atoms with Crippen LogP contribution in [0.1, 0.15) is 152 Å². The molecule has 0 aliphatic carbocycles. The summed E-state index contributed by atoms with van der Waals surface area (Å²) in [6.07, 6.45) is 22.1. The van der Waals surface area contributed by atoms with Crippen LogP contribution in [0.5, 0.6) is 0 Å². The zero-order valence-corrected chi connectivity index (χ0v) is 26.9. The van der Waals surface area contributed by atoms with E-state index < -0.39 is 33.7 Å². The van der Waals surface area contributed by atoms with E-state index in [1.54, 1.807) is 0 Å². The third-order valence-corrected chi connectivity index (χ3v) is 7.56. The minimum atomic E-state index is -4.75. The number of esters is 2. The summed E-state index contributed by atoms with van der Waals surface area (Å²) in [5.74, 6) is -1.91. The van der Waals surface area contributed by atoms with Crippen LogP contribution in [0, 0.1) is 0 Å². The Hall–Kier alpha value is 0.110. The number of unbranched alkanes of at least 4 members (excludes halogenated alkanes) is 18. The molecule has 0 aromatic rings. The van der Waals surface area contributed by atoms with E-state index in [2.05, 4.69) is 13.8 Å². The topological polar surface area (TPSA) is 107 Å². The number of hydrogen-bond donors (Lipinski definition) is 1. The van der Waals surface area contributed by atoms with Crippen LogP contribution < -0.4 is 0 Å². The Bertz CT molecular complexity index is 652. The molecular formula is C28H56CaO7S. The Morgan fingerprint density at radius 2 is 0.946 bits per heavy atom. The first-order chi connectivity index (χ1) is 17.3. The van der Waals surface area contributed by atoms with Crippen molar-refractivity contribution in [2.45, 2.75) is 154 Å². The molecule has 0 heterocycles. The Morgan fingerprint density at radius 3 is 1.30 bits per heavy atom. The van der Waals surface area contributed by atoms with Gasteiger partial charge in [0.1, 0.15) is 0 Å². The molecule has 1 N–H and O–H groups in total. The first-order valence-corrected chi connectivity index (χ1v) is 16.1. The van der Waals surface area contributed by atoms with Gasteiger partial charge in [0.15, 0.2) is 5.25 Å². The van der Waals surface area contributed by atoms with Crippen molar-refractivity contribution in [2.24, 2.45) is 0 Å². The number of carbonyl (C=O) groups excluding carboxylic acids is 2. The Labute approximate surface area is 260 Å². The summed E-state index contributed by atoms with van der Waals surface area (Å²) in [4.78, 5) is 24.2. The van der Waals surface area contributed by atoms with E-state index in [9.17, 15) is 22.6 Å². The van der Waals surface area contributed by atoms with E-state index in [1.165, 1.54) is 77.0 Å². The van der Waals surface area contributed by atoms with Gasteiger partial charge in [0.2, 0.25) is 0 Å². The van der Waals surface area contributed by atoms with Crippen LogP contribution in [0.2, 0.25) is 0 Å². The van der Waals surface area contributed by atoms with Gasteiger partial charge >= 0.3 is 49.7 Å². The van der Waals surface area contributed by atoms with Gasteiger partial charge in [0.05, 0.1) is 19.6 Å². The SMILES string of the molecule is CCCCCCCCCCCCOC(=O)CC(C(=O)OCCCCCCCCCCCC)S(=O)(=O)O.[Ca+2].[H-].[H-]. The van der Waals surface area contributed by atoms with Crippen LogP contribution in [0.25, 0.3) is 0 Å². The van der Waals surface area contributed by atoms with Crippen molar-refractivity contribution in [3.8, 4) is 0 Å². The summed E-state index contributed by atoms with van der Waals surface area (Å²) in [6.45, 7) is 4.67. The van der Waals surface area contributed by atoms with E-state index in [-0.39, 0.29) is 53.8 Å². The van der Waals surface area contributed by atoms with E-state index in [4.69, 9.17) is 9.47 Å². The molecule has 0 spiro atoms. The summed E-state index contributed by atoms with van der Waals surface area (Å²) in [5.41, 5.74) is 0. The minimum Gasteiger partial charge on any atom is -1.00 e. The molecule has 0 aromatic carbocycles. The Balaban J connectivity index is -0.00000204. The van der Waals surface area contributed by atoms with Crippen LogP contribution >= 0.6 is 0 Å². The fraction of sp³-hybridized carbons (Fsp3) is 0.929. The van der Waals surface area contributed by atoms with Crippen LogP contribution in [-0.2, 0) is 29.2 Å². The molecule has 7 nitrogen and oxygen atoms in total. The molecule has 0 aliphatic heterocycles. The molecule has 37 heavy (non-hydrogen) atoms. The fourth-order valence-electron chi connectivity index (χ4n) is 4.15. The smallest absolute Gasteiger partial charge is 1.00 e. The van der Waals surface area contributed by atoms with Gasteiger partial charge in [0.25, 0.3) is 10.1 Å². The molecular weight excluding hydrogens is 520 g/mol. The molecule has 1 unspecified atom stereocenters. The standard InChI is InChI=1S/C28H54O7S.Ca.2H/c1-3-5-7-9-11-13-15-17-19-21-23-34-27(29)25-26(36(31,32)33)28(30)35-24-22-20-18-16-14-12-10-8-6-4-2;;;/h26H,3-25H2,1-2H3,(H,31,32,33);;;/q;+2;2*-1. The van der Waals surface area contributed by atoms with Gasteiger partial charge in [-0.2, -0.15) is 8.42 Å². The van der Waals surface area contributed by atoms with E-state index in [1.807, 2.05) is 0 Å². The minimum absolute atomic E-state index is 0. The van der Waals surface area contributed by atoms with E-state index >= 15 is 0 Å². The Morgan fingerprint density at radius 1 is 0.622 bits per heavy atom. The van der Waals surface area contributed by atoms with Crippen molar-refractivity contribution >= 4 is 59.8 Å². The average Bonchev–Trinajstić information content (AvgIpc) is 2.83. The Kier molecular flexibility index (Phi) is 29.4. The molecule has 1 atom stereocenters. The molecule has 0 fully saturated rings. The summed E-state index contributed by atoms with van der Waals surface area (Å²) < 4.78 is 42.7. The zero-order chi connectivity index (χ0) is 26.9. The van der Waals surface area contributed by atoms with Crippen LogP contribution in [0.4, 0.5) is 0 Å². The summed E-state index contributed by atoms with van der Waals surface area (Å²) >= 11 is 0. The second-order valence-electron chi connectivity index (χ2n) is 9.96. The van der Waals surface area contributed by atoms with E-state index in [0.717, 1.165) is 38.5 Å². The molecule has 218 valence electrons. The molecule has 0 aromatic heterocycles. The third kappa shape index (κ3) is 26.1. The summed E-state index contributed by atoms with van der Waals surface area (Å²) in [6, 6.07) is 0. The molecule has 0 rings (SSSR count). The first kappa shape index (κ1) is 39.3. The van der Waals surface area contributed by atoms with Crippen LogP contribution in [0.3, 0.4) is 0 Å². The molecule has 9 heteroatoms. The summed E-state index contributed by atoms with van der Waals surface area (Å²) in [5, 5.41) is -1.93. The van der Waals surface area contributed by atoms with Crippen molar-refractivity contribution < 1.29 is 34.9 Å². The quantitative estimate of drug-likeness (QED) is 0.0494. The zero-order valence-electron chi connectivity index (χ0n) is 25.9. The van der Waals surface area contributed by atoms with Gasteiger partial charge in [-0.15, -0.1) is 0 Å². The molecule has 0 saturated heterocycles. The van der Waals surface area contributed by atoms with Gasteiger partial charge in [-0.05, 0) is 12.8 Å². The second-order valence-corrected chi connectivity index (χ2v) is 11.6. The van der Waals surface area contributed by atoms with E-state index in [0.29, 0.717) is 12.8 Å². The maximum Gasteiger partial charge on any atom is 2.00 e. The van der Waals surface area contributed by atoms with Gasteiger partial charge in [0, 0.05) is 0 Å². The van der Waals surface area contributed by atoms with Crippen LogP contribution in [0.15, 0.2) is 0 Å². The van der Waals surface area contributed by atoms with Crippen LogP contribution in [-0.4, -0.2) is 81.1 Å². The number of carbonyl (C=O) groups is 2. The van der Waals surface area contributed by atoms with Crippen molar-refractivity contribution in [2.75, 3.05) is 13.2 Å². The largest absolute Gasteiger partial charge is 2.00 e. The average molecular weight is 577 g/mol. The number of hydrogen-bond acceptors (Lipinski definition) is 6. The predicted molar refractivity (Wildman–Crippen MR) is 154 cm³/mol. The first-order valence-electron chi connectivity index (χ1n) is 14.6. The second kappa shape index (κ2) is 27.7. The maximum atomic E-state index is 12.2. The van der Waals surface area contributed by atoms with Crippen molar-refractivity contribution in [1.82, 2.24) is 0 Å². The molecule has 0 saturated carbocycles. The van der Waals surface area contributed by atoms with Gasteiger partial charge in [-0.1, -0.05) is 129 Å². The molecule has 0 amide bonds. The number of rotatable bonds is 26. The van der Waals surface area contributed by atoms with Gasteiger partial charge < -0.3 is 12.3 Å². The normalized spacial score (nSPS) is 12.1. The predicted octanol–water partition coefficient (Wildman–Crippen LogP) is 7.41. The monoisotopic (exact) mass is 576 g/mol. The third-order valence-electron chi connectivity index (χ3n) is 6.48. The van der Waals surface area contributed by atoms with Gasteiger partial charge in [-0.3, -0.25) is 14.1 Å². The van der Waals surface area contributed by atoms with Crippen molar-refractivity contribution in [3.05, 3.63) is 0 Å². The molecule has 0 radical (unpaired) electrons. The summed E-state index contributed by atoms with van der Waals surface area (Å²) in [7, 11) is -4.75. The molecule has 0 bridgehead atoms. The molecule has 0 aliphatic rings. The maximum absolute atomic E-state index is 12.2. The van der Waals surface area contributed by atoms with Crippen molar-refractivity contribution in [1.29, 1.82) is 0 Å².